The van der Waals surface area contributed by atoms with Crippen LogP contribution in [-0.2, 0) is 5.75 Å². The Labute approximate surface area is 168 Å². The first kappa shape index (κ1) is 18.3. The van der Waals surface area contributed by atoms with Crippen molar-refractivity contribution in [2.75, 3.05) is 5.32 Å². The molecule has 0 fully saturated rings. The van der Waals surface area contributed by atoms with Crippen molar-refractivity contribution in [2.24, 2.45) is 0 Å². The Balaban J connectivity index is 1.55. The van der Waals surface area contributed by atoms with Gasteiger partial charge in [0.05, 0.1) is 16.9 Å². The molecule has 6 nitrogen and oxygen atoms in total. The Bertz CT molecular complexity index is 1080. The van der Waals surface area contributed by atoms with Gasteiger partial charge in [0.15, 0.2) is 0 Å². The summed E-state index contributed by atoms with van der Waals surface area (Å²) in [6.45, 7) is 0. The average Bonchev–Trinajstić information content (AvgIpc) is 3.42. The molecule has 2 aromatic carbocycles. The van der Waals surface area contributed by atoms with E-state index in [1.165, 1.54) is 34.1 Å². The molecular weight excluding hydrogens is 397 g/mol. The molecule has 0 unspecified atom stereocenters. The highest BCUT2D eigenvalue weighted by atomic mass is 32.2. The maximum atomic E-state index is 14.2. The van der Waals surface area contributed by atoms with Gasteiger partial charge in [-0.2, -0.15) is 0 Å². The summed E-state index contributed by atoms with van der Waals surface area (Å²) in [5.41, 5.74) is 1.11. The van der Waals surface area contributed by atoms with Crippen molar-refractivity contribution in [3.63, 3.8) is 0 Å². The van der Waals surface area contributed by atoms with E-state index in [0.717, 1.165) is 10.6 Å². The first-order chi connectivity index (χ1) is 13.7. The fourth-order valence-electron chi connectivity index (χ4n) is 2.54. The summed E-state index contributed by atoms with van der Waals surface area (Å²) in [5, 5.41) is 15.6. The first-order valence-electron chi connectivity index (χ1n) is 8.29. The fourth-order valence-corrected chi connectivity index (χ4v) is 4.37. The smallest absolute Gasteiger partial charge is 0.256 e. The largest absolute Gasteiger partial charge is 0.319 e. The molecule has 2 heterocycles. The lowest BCUT2D eigenvalue weighted by atomic mass is 10.2. The third-order valence-corrected chi connectivity index (χ3v) is 6.07. The van der Waals surface area contributed by atoms with E-state index in [0.29, 0.717) is 11.3 Å². The average molecular weight is 411 g/mol. The first-order valence-corrected chi connectivity index (χ1v) is 10.2. The summed E-state index contributed by atoms with van der Waals surface area (Å²) in [6.07, 6.45) is 1.40. The van der Waals surface area contributed by atoms with Gasteiger partial charge >= 0.3 is 0 Å². The molecule has 0 saturated carbocycles. The van der Waals surface area contributed by atoms with Crippen molar-refractivity contribution < 1.29 is 9.18 Å². The highest BCUT2D eigenvalue weighted by molar-refractivity contribution is 7.98. The number of benzene rings is 2. The van der Waals surface area contributed by atoms with Crippen molar-refractivity contribution in [3.8, 4) is 5.69 Å². The van der Waals surface area contributed by atoms with E-state index in [1.54, 1.807) is 35.2 Å². The summed E-state index contributed by atoms with van der Waals surface area (Å²) in [5.74, 6) is -0.138. The van der Waals surface area contributed by atoms with Crippen LogP contribution >= 0.6 is 23.1 Å². The Hall–Kier alpha value is -3.04. The summed E-state index contributed by atoms with van der Waals surface area (Å²) >= 11 is 3.25. The Morgan fingerprint density at radius 1 is 1.18 bits per heavy atom. The molecule has 4 rings (SSSR count). The van der Waals surface area contributed by atoms with Gasteiger partial charge in [-0.25, -0.2) is 9.07 Å². The number of nitrogens with zero attached hydrogens (tertiary/aromatic N) is 4. The number of anilines is 1. The number of thioether (sulfide) groups is 1. The number of carbonyl (C=O) groups is 1. The molecule has 0 spiro atoms. The van der Waals surface area contributed by atoms with Gasteiger partial charge in [0.2, 0.25) is 0 Å². The third-order valence-electron chi connectivity index (χ3n) is 3.89. The molecule has 1 amide bonds. The molecule has 140 valence electrons. The molecule has 0 bridgehead atoms. The minimum Gasteiger partial charge on any atom is -0.319 e. The van der Waals surface area contributed by atoms with Crippen molar-refractivity contribution in [1.82, 2.24) is 20.2 Å². The highest BCUT2D eigenvalue weighted by Gasteiger charge is 2.15. The number of hydrogen-bond donors (Lipinski definition) is 1. The van der Waals surface area contributed by atoms with Crippen LogP contribution in [0, 0.1) is 5.82 Å². The second kappa shape index (κ2) is 8.32. The number of nitrogens with one attached hydrogen (secondary N) is 1. The molecule has 0 aliphatic carbocycles. The van der Waals surface area contributed by atoms with Crippen LogP contribution in [-0.4, -0.2) is 26.1 Å². The van der Waals surface area contributed by atoms with Gasteiger partial charge in [0, 0.05) is 15.5 Å². The highest BCUT2D eigenvalue weighted by Crippen LogP contribution is 2.29. The molecule has 28 heavy (non-hydrogen) atoms. The minimum absolute atomic E-state index is 0.0658. The van der Waals surface area contributed by atoms with Crippen LogP contribution in [0.3, 0.4) is 0 Å². The van der Waals surface area contributed by atoms with Gasteiger partial charge in [0.25, 0.3) is 5.91 Å². The SMILES string of the molecule is O=C(Nc1cc(-n2cnnn2)ccc1F)c1ccccc1SCc1cccs1. The van der Waals surface area contributed by atoms with Gasteiger partial charge < -0.3 is 5.32 Å². The zero-order valence-corrected chi connectivity index (χ0v) is 16.1. The number of thiophene rings is 1. The summed E-state index contributed by atoms with van der Waals surface area (Å²) in [7, 11) is 0. The summed E-state index contributed by atoms with van der Waals surface area (Å²) in [6, 6.07) is 15.6. The minimum atomic E-state index is -0.533. The Morgan fingerprint density at radius 2 is 2.07 bits per heavy atom. The van der Waals surface area contributed by atoms with E-state index in [-0.39, 0.29) is 11.6 Å². The molecule has 0 radical (unpaired) electrons. The lowest BCUT2D eigenvalue weighted by Gasteiger charge is -2.11. The van der Waals surface area contributed by atoms with Gasteiger partial charge in [-0.3, -0.25) is 4.79 Å². The second-order valence-corrected chi connectivity index (χ2v) is 7.79. The summed E-state index contributed by atoms with van der Waals surface area (Å²) in [4.78, 5) is 14.9. The summed E-state index contributed by atoms with van der Waals surface area (Å²) < 4.78 is 15.6. The van der Waals surface area contributed by atoms with Crippen LogP contribution in [0.5, 0.6) is 0 Å². The van der Waals surface area contributed by atoms with Gasteiger partial charge in [0.1, 0.15) is 12.1 Å². The predicted molar refractivity (Wildman–Crippen MR) is 107 cm³/mol. The van der Waals surface area contributed by atoms with Gasteiger partial charge in [-0.1, -0.05) is 18.2 Å². The molecule has 4 aromatic rings. The fraction of sp³-hybridized carbons (Fsp3) is 0.0526. The number of aromatic nitrogens is 4. The van der Waals surface area contributed by atoms with Gasteiger partial charge in [-0.15, -0.1) is 28.2 Å². The van der Waals surface area contributed by atoms with Crippen LogP contribution in [0.4, 0.5) is 10.1 Å². The van der Waals surface area contributed by atoms with E-state index in [1.807, 2.05) is 23.6 Å². The predicted octanol–water partition coefficient (Wildman–Crippen LogP) is 4.41. The molecule has 1 N–H and O–H groups in total. The maximum absolute atomic E-state index is 14.2. The van der Waals surface area contributed by atoms with E-state index in [2.05, 4.69) is 26.9 Å². The van der Waals surface area contributed by atoms with E-state index < -0.39 is 5.82 Å². The van der Waals surface area contributed by atoms with Crippen molar-refractivity contribution in [2.45, 2.75) is 10.6 Å². The number of hydrogen-bond acceptors (Lipinski definition) is 6. The van der Waals surface area contributed by atoms with E-state index in [4.69, 9.17) is 0 Å². The van der Waals surface area contributed by atoms with Gasteiger partial charge in [-0.05, 0) is 52.2 Å². The third kappa shape index (κ3) is 4.10. The zero-order valence-electron chi connectivity index (χ0n) is 14.4. The molecule has 0 atom stereocenters. The zero-order chi connectivity index (χ0) is 19.3. The van der Waals surface area contributed by atoms with E-state index in [9.17, 15) is 9.18 Å². The maximum Gasteiger partial charge on any atom is 0.256 e. The molecule has 2 aromatic heterocycles. The van der Waals surface area contributed by atoms with Crippen LogP contribution < -0.4 is 5.32 Å². The number of amides is 1. The molecule has 9 heteroatoms. The molecule has 0 saturated heterocycles. The number of rotatable bonds is 6. The molecule has 0 aliphatic heterocycles. The van der Waals surface area contributed by atoms with Crippen molar-refractivity contribution in [3.05, 3.63) is 82.6 Å². The van der Waals surface area contributed by atoms with Crippen molar-refractivity contribution >= 4 is 34.7 Å². The van der Waals surface area contributed by atoms with Crippen LogP contribution in [0.1, 0.15) is 15.2 Å². The molecular formula is C19H14FN5OS2. The van der Waals surface area contributed by atoms with Crippen LogP contribution in [0.25, 0.3) is 5.69 Å². The lowest BCUT2D eigenvalue weighted by molar-refractivity contribution is 0.102. The lowest BCUT2D eigenvalue weighted by Crippen LogP contribution is -2.14. The standard InChI is InChI=1S/C19H14FN5OS2/c20-16-8-7-13(25-12-21-23-24-25)10-17(16)22-19(26)15-5-1-2-6-18(15)28-11-14-4-3-9-27-14/h1-10,12H,11H2,(H,22,26). The number of tetrazole rings is 1. The quantitative estimate of drug-likeness (QED) is 0.476. The number of carbonyl (C=O) groups excluding carboxylic acids is 1. The monoisotopic (exact) mass is 411 g/mol. The van der Waals surface area contributed by atoms with E-state index >= 15 is 0 Å². The van der Waals surface area contributed by atoms with Crippen LogP contribution in [0.15, 0.2) is 71.2 Å². The topological polar surface area (TPSA) is 72.7 Å². The normalized spacial score (nSPS) is 10.8. The van der Waals surface area contributed by atoms with Crippen LogP contribution in [0.2, 0.25) is 0 Å². The number of halogens is 1. The second-order valence-electron chi connectivity index (χ2n) is 5.74. The van der Waals surface area contributed by atoms with Crippen molar-refractivity contribution in [1.29, 1.82) is 0 Å². The Kier molecular flexibility index (Phi) is 5.45. The molecule has 0 aliphatic rings. The Morgan fingerprint density at radius 3 is 2.86 bits per heavy atom.